The van der Waals surface area contributed by atoms with Crippen molar-refractivity contribution < 1.29 is 21.6 Å². The summed E-state index contributed by atoms with van der Waals surface area (Å²) in [5, 5.41) is 4.93. The molecule has 0 aliphatic heterocycles. The maximum Gasteiger partial charge on any atom is 0.319 e. The number of carbonyl (C=O) groups excluding carboxylic acids is 1. The first-order chi connectivity index (χ1) is 10.2. The maximum absolute atomic E-state index is 11.6. The molecule has 22 heavy (non-hydrogen) atoms. The molecule has 1 rings (SSSR count). The van der Waals surface area contributed by atoms with E-state index in [0.29, 0.717) is 5.69 Å². The highest BCUT2D eigenvalue weighted by Gasteiger charge is 2.12. The zero-order valence-electron chi connectivity index (χ0n) is 12.5. The van der Waals surface area contributed by atoms with Crippen molar-refractivity contribution in [3.05, 3.63) is 24.3 Å². The average Bonchev–Trinajstić information content (AvgIpc) is 2.47. The number of amides is 2. The van der Waals surface area contributed by atoms with Gasteiger partial charge in [-0.15, -0.1) is 0 Å². The molecule has 0 heterocycles. The fourth-order valence-electron chi connectivity index (χ4n) is 1.55. The van der Waals surface area contributed by atoms with Crippen molar-refractivity contribution in [1.29, 1.82) is 0 Å². The molecule has 0 aliphatic carbocycles. The van der Waals surface area contributed by atoms with Gasteiger partial charge in [0, 0.05) is 18.0 Å². The number of sulfone groups is 2. The molecule has 0 fully saturated rings. The van der Waals surface area contributed by atoms with E-state index in [1.807, 2.05) is 0 Å². The van der Waals surface area contributed by atoms with E-state index in [-0.39, 0.29) is 28.7 Å². The summed E-state index contributed by atoms with van der Waals surface area (Å²) in [7, 11) is -6.39. The van der Waals surface area contributed by atoms with Crippen LogP contribution < -0.4 is 10.6 Å². The van der Waals surface area contributed by atoms with Crippen molar-refractivity contribution in [2.45, 2.75) is 18.7 Å². The topological polar surface area (TPSA) is 109 Å². The lowest BCUT2D eigenvalue weighted by molar-refractivity contribution is 0.252. The molecule has 0 bridgehead atoms. The normalized spacial score (nSPS) is 11.9. The summed E-state index contributed by atoms with van der Waals surface area (Å²) in [4.78, 5) is 11.8. The van der Waals surface area contributed by atoms with Crippen molar-refractivity contribution in [2.75, 3.05) is 29.1 Å². The molecule has 0 unspecified atom stereocenters. The number of benzene rings is 1. The van der Waals surface area contributed by atoms with E-state index in [2.05, 4.69) is 10.6 Å². The van der Waals surface area contributed by atoms with Crippen LogP contribution in [-0.4, -0.2) is 46.7 Å². The van der Waals surface area contributed by atoms with Gasteiger partial charge in [0.2, 0.25) is 0 Å². The number of urea groups is 1. The molecular weight excluding hydrogens is 328 g/mol. The summed E-state index contributed by atoms with van der Waals surface area (Å²) in [6.45, 7) is 3.12. The van der Waals surface area contributed by atoms with Crippen LogP contribution in [0.2, 0.25) is 0 Å². The summed E-state index contributed by atoms with van der Waals surface area (Å²) in [5.74, 6) is -0.0829. The second kappa shape index (κ2) is 7.59. The van der Waals surface area contributed by atoms with Crippen LogP contribution in [0.5, 0.6) is 0 Å². The molecule has 7 nitrogen and oxygen atoms in total. The monoisotopic (exact) mass is 348 g/mol. The molecule has 0 saturated heterocycles. The van der Waals surface area contributed by atoms with E-state index in [9.17, 15) is 21.6 Å². The van der Waals surface area contributed by atoms with Crippen LogP contribution in [-0.2, 0) is 19.7 Å². The fraction of sp³-hybridized carbons (Fsp3) is 0.462. The minimum Gasteiger partial charge on any atom is -0.337 e. The van der Waals surface area contributed by atoms with Crippen LogP contribution in [0.25, 0.3) is 0 Å². The van der Waals surface area contributed by atoms with Gasteiger partial charge in [0.15, 0.2) is 19.7 Å². The van der Waals surface area contributed by atoms with Crippen molar-refractivity contribution in [3.63, 3.8) is 0 Å². The molecule has 0 radical (unpaired) electrons. The Kier molecular flexibility index (Phi) is 6.36. The van der Waals surface area contributed by atoms with Crippen LogP contribution in [0.1, 0.15) is 13.8 Å². The van der Waals surface area contributed by atoms with Gasteiger partial charge in [-0.2, -0.15) is 0 Å². The average molecular weight is 348 g/mol. The van der Waals surface area contributed by atoms with Crippen molar-refractivity contribution in [1.82, 2.24) is 5.32 Å². The number of hydrogen-bond donors (Lipinski definition) is 2. The summed E-state index contributed by atoms with van der Waals surface area (Å²) >= 11 is 0. The molecule has 2 amide bonds. The lowest BCUT2D eigenvalue weighted by Gasteiger charge is -2.08. The first-order valence-corrected chi connectivity index (χ1v) is 10.3. The van der Waals surface area contributed by atoms with Gasteiger partial charge in [0.05, 0.1) is 16.4 Å². The quantitative estimate of drug-likeness (QED) is 0.765. The summed E-state index contributed by atoms with van der Waals surface area (Å²) in [5.41, 5.74) is 0.422. The third-order valence-electron chi connectivity index (χ3n) is 2.99. The second-order valence-corrected chi connectivity index (χ2v) is 9.30. The zero-order chi connectivity index (χ0) is 16.8. The number of hydrogen-bond acceptors (Lipinski definition) is 5. The molecule has 1 aromatic carbocycles. The number of nitrogens with one attached hydrogen (secondary N) is 2. The lowest BCUT2D eigenvalue weighted by atomic mass is 10.3. The van der Waals surface area contributed by atoms with Gasteiger partial charge in [0.25, 0.3) is 0 Å². The third-order valence-corrected chi connectivity index (χ3v) is 6.45. The largest absolute Gasteiger partial charge is 0.337 e. The minimum atomic E-state index is -3.27. The first-order valence-electron chi connectivity index (χ1n) is 6.78. The molecule has 0 spiro atoms. The van der Waals surface area contributed by atoms with Gasteiger partial charge < -0.3 is 10.6 Å². The van der Waals surface area contributed by atoms with Gasteiger partial charge in [-0.05, 0) is 24.3 Å². The molecule has 0 aromatic heterocycles. The van der Waals surface area contributed by atoms with Gasteiger partial charge >= 0.3 is 6.03 Å². The van der Waals surface area contributed by atoms with Crippen LogP contribution in [0.3, 0.4) is 0 Å². The van der Waals surface area contributed by atoms with Crippen LogP contribution >= 0.6 is 0 Å². The number of carbonyl (C=O) groups is 1. The number of anilines is 1. The van der Waals surface area contributed by atoms with E-state index in [0.717, 1.165) is 0 Å². The standard InChI is InChI=1S/C13H20N2O5S2/c1-3-21(17,18)10-9-14-13(16)15-11-5-7-12(8-6-11)22(19,20)4-2/h5-8H,3-4,9-10H2,1-2H3,(H2,14,15,16). The van der Waals surface area contributed by atoms with Crippen LogP contribution in [0.15, 0.2) is 29.2 Å². The molecule has 0 atom stereocenters. The van der Waals surface area contributed by atoms with E-state index in [4.69, 9.17) is 0 Å². The van der Waals surface area contributed by atoms with Gasteiger partial charge in [0.1, 0.15) is 0 Å². The van der Waals surface area contributed by atoms with Gasteiger partial charge in [-0.1, -0.05) is 13.8 Å². The molecule has 0 saturated carbocycles. The van der Waals surface area contributed by atoms with Crippen molar-refractivity contribution in [2.24, 2.45) is 0 Å². The van der Waals surface area contributed by atoms with Crippen LogP contribution in [0.4, 0.5) is 10.5 Å². The predicted octanol–water partition coefficient (Wildman–Crippen LogP) is 1.04. The number of rotatable bonds is 7. The lowest BCUT2D eigenvalue weighted by Crippen LogP contribution is -2.33. The minimum absolute atomic E-state index is 0.00611. The van der Waals surface area contributed by atoms with E-state index in [1.165, 1.54) is 24.3 Å². The van der Waals surface area contributed by atoms with Gasteiger partial charge in [-0.25, -0.2) is 21.6 Å². The Balaban J connectivity index is 2.56. The van der Waals surface area contributed by atoms with Gasteiger partial charge in [-0.3, -0.25) is 0 Å². The van der Waals surface area contributed by atoms with E-state index >= 15 is 0 Å². The summed E-state index contributed by atoms with van der Waals surface area (Å²) in [6.07, 6.45) is 0. The Morgan fingerprint density at radius 1 is 1.00 bits per heavy atom. The third kappa shape index (κ3) is 5.64. The second-order valence-electron chi connectivity index (χ2n) is 4.55. The molecule has 124 valence electrons. The predicted molar refractivity (Wildman–Crippen MR) is 85.5 cm³/mol. The Hall–Kier alpha value is -1.61. The zero-order valence-corrected chi connectivity index (χ0v) is 14.1. The highest BCUT2D eigenvalue weighted by Crippen LogP contribution is 2.15. The molecular formula is C13H20N2O5S2. The highest BCUT2D eigenvalue weighted by atomic mass is 32.2. The van der Waals surface area contributed by atoms with Crippen molar-refractivity contribution in [3.8, 4) is 0 Å². The Morgan fingerprint density at radius 2 is 1.59 bits per heavy atom. The van der Waals surface area contributed by atoms with Crippen LogP contribution in [0, 0.1) is 0 Å². The fourth-order valence-corrected chi connectivity index (χ4v) is 3.14. The SMILES string of the molecule is CCS(=O)(=O)CCNC(=O)Nc1ccc(S(=O)(=O)CC)cc1. The maximum atomic E-state index is 11.6. The summed E-state index contributed by atoms with van der Waals surface area (Å²) in [6, 6.07) is 5.24. The Bertz CT molecular complexity index is 709. The first kappa shape index (κ1) is 18.4. The molecule has 1 aromatic rings. The Morgan fingerprint density at radius 3 is 2.09 bits per heavy atom. The highest BCUT2D eigenvalue weighted by molar-refractivity contribution is 7.91. The van der Waals surface area contributed by atoms with E-state index < -0.39 is 25.7 Å². The summed E-state index contributed by atoms with van der Waals surface area (Å²) < 4.78 is 45.8. The smallest absolute Gasteiger partial charge is 0.319 e. The molecule has 9 heteroatoms. The molecule has 0 aliphatic rings. The Labute approximate surface area is 130 Å². The van der Waals surface area contributed by atoms with E-state index in [1.54, 1.807) is 13.8 Å². The molecule has 2 N–H and O–H groups in total. The van der Waals surface area contributed by atoms with Crippen molar-refractivity contribution >= 4 is 31.4 Å².